The molecule has 1 atom stereocenters. The maximum atomic E-state index is 11.2. The molecule has 0 aliphatic carbocycles. The summed E-state index contributed by atoms with van der Waals surface area (Å²) in [5.41, 5.74) is 3.51. The molecule has 2 aromatic rings. The first-order valence-electron chi connectivity index (χ1n) is 8.20. The molecule has 0 radical (unpaired) electrons. The van der Waals surface area contributed by atoms with Crippen molar-refractivity contribution in [3.8, 4) is 11.4 Å². The van der Waals surface area contributed by atoms with Gasteiger partial charge in [-0.25, -0.2) is 19.4 Å². The number of fused-ring (bicyclic) bond motifs is 1. The van der Waals surface area contributed by atoms with E-state index >= 15 is 0 Å². The second kappa shape index (κ2) is 6.20. The minimum Gasteiger partial charge on any atom is -0.465 e. The molecular weight excluding hydrogens is 310 g/mol. The van der Waals surface area contributed by atoms with Gasteiger partial charge in [0.05, 0.1) is 23.6 Å². The lowest BCUT2D eigenvalue weighted by molar-refractivity contribution is -0.0384. The van der Waals surface area contributed by atoms with Crippen molar-refractivity contribution in [3.63, 3.8) is 0 Å². The van der Waals surface area contributed by atoms with E-state index in [9.17, 15) is 9.90 Å². The first-order valence-corrected chi connectivity index (χ1v) is 8.20. The highest BCUT2D eigenvalue weighted by atomic mass is 16.5. The third-order valence-corrected chi connectivity index (χ3v) is 4.62. The second-order valence-electron chi connectivity index (χ2n) is 6.08. The summed E-state index contributed by atoms with van der Waals surface area (Å²) in [7, 11) is 0. The molecule has 2 aliphatic rings. The van der Waals surface area contributed by atoms with E-state index in [4.69, 9.17) is 4.74 Å². The third-order valence-electron chi connectivity index (χ3n) is 4.62. The van der Waals surface area contributed by atoms with E-state index in [0.717, 1.165) is 48.5 Å². The molecule has 1 fully saturated rings. The molecule has 1 N–H and O–H groups in total. The Hall–Kier alpha value is -2.48. The summed E-state index contributed by atoms with van der Waals surface area (Å²) in [4.78, 5) is 21.3. The lowest BCUT2D eigenvalue weighted by Gasteiger charge is -2.28. The van der Waals surface area contributed by atoms with Crippen LogP contribution in [0.15, 0.2) is 18.6 Å². The molecule has 0 saturated carbocycles. The number of ether oxygens (including phenoxy) is 1. The van der Waals surface area contributed by atoms with Crippen molar-refractivity contribution >= 4 is 6.09 Å². The Kier molecular flexibility index (Phi) is 3.89. The molecule has 4 heterocycles. The molecule has 0 aromatic carbocycles. The predicted octanol–water partition coefficient (Wildman–Crippen LogP) is 2.08. The fourth-order valence-electron chi connectivity index (χ4n) is 3.39. The monoisotopic (exact) mass is 329 g/mol. The van der Waals surface area contributed by atoms with Gasteiger partial charge in [0.15, 0.2) is 6.23 Å². The van der Waals surface area contributed by atoms with E-state index in [1.807, 2.05) is 10.7 Å². The van der Waals surface area contributed by atoms with Gasteiger partial charge in [-0.15, -0.1) is 0 Å². The molecular formula is C16H19N5O3. The number of hydrogen-bond donors (Lipinski definition) is 1. The van der Waals surface area contributed by atoms with Crippen LogP contribution in [0.1, 0.15) is 36.7 Å². The number of carboxylic acid groups (broad SMARTS) is 1. The predicted molar refractivity (Wildman–Crippen MR) is 84.2 cm³/mol. The maximum Gasteiger partial charge on any atom is 0.407 e. The minimum absolute atomic E-state index is 0.0616. The molecule has 126 valence electrons. The van der Waals surface area contributed by atoms with E-state index < -0.39 is 6.09 Å². The zero-order valence-electron chi connectivity index (χ0n) is 13.3. The van der Waals surface area contributed by atoms with Crippen molar-refractivity contribution < 1.29 is 14.6 Å². The van der Waals surface area contributed by atoms with Crippen LogP contribution in [0, 0.1) is 0 Å². The summed E-state index contributed by atoms with van der Waals surface area (Å²) in [5.74, 6) is 0. The van der Waals surface area contributed by atoms with Crippen molar-refractivity contribution in [2.45, 2.75) is 38.5 Å². The van der Waals surface area contributed by atoms with Crippen LogP contribution in [-0.2, 0) is 17.7 Å². The molecule has 2 aromatic heterocycles. The summed E-state index contributed by atoms with van der Waals surface area (Å²) >= 11 is 0. The Labute approximate surface area is 139 Å². The van der Waals surface area contributed by atoms with Crippen LogP contribution in [0.4, 0.5) is 4.79 Å². The van der Waals surface area contributed by atoms with E-state index in [0.29, 0.717) is 19.5 Å². The first-order chi connectivity index (χ1) is 11.7. The zero-order valence-corrected chi connectivity index (χ0v) is 13.3. The Morgan fingerprint density at radius 2 is 2.25 bits per heavy atom. The Morgan fingerprint density at radius 1 is 1.33 bits per heavy atom. The minimum atomic E-state index is -0.915. The van der Waals surface area contributed by atoms with E-state index in [-0.39, 0.29) is 6.23 Å². The van der Waals surface area contributed by atoms with Crippen molar-refractivity contribution in [1.29, 1.82) is 0 Å². The smallest absolute Gasteiger partial charge is 0.407 e. The van der Waals surface area contributed by atoms with Crippen LogP contribution < -0.4 is 0 Å². The number of hydrogen-bond acceptors (Lipinski definition) is 5. The summed E-state index contributed by atoms with van der Waals surface area (Å²) in [6.07, 6.45) is 6.03. The molecule has 8 nitrogen and oxygen atoms in total. The fraction of sp³-hybridized carbons (Fsp3) is 0.500. The Morgan fingerprint density at radius 3 is 3.04 bits per heavy atom. The largest absolute Gasteiger partial charge is 0.465 e. The number of carbonyl (C=O) groups is 1. The van der Waals surface area contributed by atoms with Gasteiger partial charge >= 0.3 is 6.09 Å². The van der Waals surface area contributed by atoms with Gasteiger partial charge < -0.3 is 14.7 Å². The normalized spacial score (nSPS) is 20.7. The van der Waals surface area contributed by atoms with Gasteiger partial charge in [-0.2, -0.15) is 5.10 Å². The Balaban J connectivity index is 1.70. The van der Waals surface area contributed by atoms with Gasteiger partial charge in [0.2, 0.25) is 0 Å². The highest BCUT2D eigenvalue weighted by molar-refractivity contribution is 5.67. The second-order valence-corrected chi connectivity index (χ2v) is 6.08. The van der Waals surface area contributed by atoms with E-state index in [2.05, 4.69) is 15.1 Å². The van der Waals surface area contributed by atoms with Crippen molar-refractivity contribution in [2.24, 2.45) is 0 Å². The summed E-state index contributed by atoms with van der Waals surface area (Å²) in [5, 5.41) is 13.6. The first kappa shape index (κ1) is 15.1. The molecule has 1 unspecified atom stereocenters. The van der Waals surface area contributed by atoms with Gasteiger partial charge in [0.1, 0.15) is 6.33 Å². The average molecular weight is 329 g/mol. The van der Waals surface area contributed by atoms with Gasteiger partial charge in [0, 0.05) is 24.9 Å². The maximum absolute atomic E-state index is 11.2. The Bertz CT molecular complexity index is 754. The topological polar surface area (TPSA) is 93.4 Å². The van der Waals surface area contributed by atoms with Gasteiger partial charge in [0.25, 0.3) is 0 Å². The highest BCUT2D eigenvalue weighted by Gasteiger charge is 2.27. The standard InChI is InChI=1S/C16H19N5O3/c22-16(23)20-7-5-11-12(9-20)17-10-18-15(11)13-4-6-19-21(13)14-3-1-2-8-24-14/h4,6,10,14H,1-3,5,7-9H2,(H,22,23). The van der Waals surface area contributed by atoms with E-state index in [1.54, 1.807) is 6.20 Å². The molecule has 2 aliphatic heterocycles. The summed E-state index contributed by atoms with van der Waals surface area (Å²) in [6.45, 7) is 1.50. The van der Waals surface area contributed by atoms with Gasteiger partial charge in [-0.3, -0.25) is 0 Å². The van der Waals surface area contributed by atoms with E-state index in [1.165, 1.54) is 11.2 Å². The molecule has 1 amide bonds. The number of amides is 1. The molecule has 24 heavy (non-hydrogen) atoms. The van der Waals surface area contributed by atoms with Crippen LogP contribution in [0.5, 0.6) is 0 Å². The SMILES string of the molecule is O=C(O)N1CCc2c(ncnc2-c2ccnn2C2CCCCO2)C1. The summed E-state index contributed by atoms with van der Waals surface area (Å²) in [6, 6.07) is 1.93. The average Bonchev–Trinajstić information content (AvgIpc) is 3.11. The third kappa shape index (κ3) is 2.62. The summed E-state index contributed by atoms with van der Waals surface area (Å²) < 4.78 is 7.74. The zero-order chi connectivity index (χ0) is 16.5. The van der Waals surface area contributed by atoms with Gasteiger partial charge in [-0.05, 0) is 31.7 Å². The van der Waals surface area contributed by atoms with Crippen LogP contribution in [0.25, 0.3) is 11.4 Å². The lowest BCUT2D eigenvalue weighted by Crippen LogP contribution is -2.35. The quantitative estimate of drug-likeness (QED) is 0.906. The fourth-order valence-corrected chi connectivity index (χ4v) is 3.39. The van der Waals surface area contributed by atoms with Gasteiger partial charge in [-0.1, -0.05) is 0 Å². The lowest BCUT2D eigenvalue weighted by atomic mass is 10.0. The van der Waals surface area contributed by atoms with Crippen LogP contribution in [0.3, 0.4) is 0 Å². The van der Waals surface area contributed by atoms with Crippen LogP contribution in [0.2, 0.25) is 0 Å². The molecule has 0 spiro atoms. The number of rotatable bonds is 2. The van der Waals surface area contributed by atoms with Crippen molar-refractivity contribution in [3.05, 3.63) is 29.8 Å². The van der Waals surface area contributed by atoms with Crippen LogP contribution >= 0.6 is 0 Å². The molecule has 0 bridgehead atoms. The van der Waals surface area contributed by atoms with Crippen LogP contribution in [-0.4, -0.2) is 49.0 Å². The van der Waals surface area contributed by atoms with Crippen molar-refractivity contribution in [2.75, 3.05) is 13.2 Å². The van der Waals surface area contributed by atoms with Crippen molar-refractivity contribution in [1.82, 2.24) is 24.6 Å². The molecule has 8 heteroatoms. The number of aromatic nitrogens is 4. The molecule has 1 saturated heterocycles. The number of nitrogens with zero attached hydrogens (tertiary/aromatic N) is 5. The molecule has 4 rings (SSSR count). The highest BCUT2D eigenvalue weighted by Crippen LogP contribution is 2.31.